The molecule has 1 aromatic carbocycles. The van der Waals surface area contributed by atoms with Gasteiger partial charge in [-0.1, -0.05) is 30.3 Å². The van der Waals surface area contributed by atoms with Gasteiger partial charge in [0.25, 0.3) is 0 Å². The largest absolute Gasteiger partial charge is 0.481 e. The molecule has 0 saturated heterocycles. The molecule has 0 saturated carbocycles. The van der Waals surface area contributed by atoms with Crippen molar-refractivity contribution < 1.29 is 48.9 Å². The summed E-state index contributed by atoms with van der Waals surface area (Å²) in [6.45, 7) is 0. The Labute approximate surface area is 210 Å². The van der Waals surface area contributed by atoms with Crippen molar-refractivity contribution in [1.82, 2.24) is 16.0 Å². The van der Waals surface area contributed by atoms with Crippen molar-refractivity contribution in [2.75, 3.05) is 0 Å². The van der Waals surface area contributed by atoms with Crippen LogP contribution < -0.4 is 27.4 Å². The SMILES string of the molecule is NC(=O)CC(N)C(=O)NC(CCC(=O)O)C(=O)NC(CC(=O)O)C(=O)NC(Cc1ccccc1)C(=O)O. The summed E-state index contributed by atoms with van der Waals surface area (Å²) in [5, 5.41) is 34.0. The Kier molecular flexibility index (Phi) is 12.2. The minimum Gasteiger partial charge on any atom is -0.481 e. The number of carbonyl (C=O) groups is 7. The molecule has 15 nitrogen and oxygen atoms in total. The molecule has 1 aromatic rings. The van der Waals surface area contributed by atoms with Gasteiger partial charge in [0.05, 0.1) is 18.9 Å². The molecule has 4 atom stereocenters. The summed E-state index contributed by atoms with van der Waals surface area (Å²) in [5.41, 5.74) is 11.1. The summed E-state index contributed by atoms with van der Waals surface area (Å²) in [6.07, 6.45) is -2.72. The topological polar surface area (TPSA) is 268 Å². The van der Waals surface area contributed by atoms with Crippen LogP contribution in [0.5, 0.6) is 0 Å². The van der Waals surface area contributed by atoms with Gasteiger partial charge < -0.3 is 42.7 Å². The fourth-order valence-electron chi connectivity index (χ4n) is 3.10. The monoisotopic (exact) mass is 523 g/mol. The summed E-state index contributed by atoms with van der Waals surface area (Å²) in [6, 6.07) is 2.00. The highest BCUT2D eigenvalue weighted by molar-refractivity contribution is 5.96. The van der Waals surface area contributed by atoms with Crippen molar-refractivity contribution >= 4 is 41.5 Å². The first kappa shape index (κ1) is 30.5. The van der Waals surface area contributed by atoms with Crippen molar-refractivity contribution in [2.45, 2.75) is 56.3 Å². The van der Waals surface area contributed by atoms with Crippen molar-refractivity contribution in [1.29, 1.82) is 0 Å². The Balaban J connectivity index is 3.04. The predicted molar refractivity (Wildman–Crippen MR) is 124 cm³/mol. The number of amides is 4. The third kappa shape index (κ3) is 11.6. The molecule has 4 amide bonds. The molecule has 1 rings (SSSR count). The summed E-state index contributed by atoms with van der Waals surface area (Å²) >= 11 is 0. The fourth-order valence-corrected chi connectivity index (χ4v) is 3.10. The molecule has 4 unspecified atom stereocenters. The average molecular weight is 523 g/mol. The van der Waals surface area contributed by atoms with Crippen LogP contribution in [0.2, 0.25) is 0 Å². The number of carboxylic acids is 3. The zero-order chi connectivity index (χ0) is 28.1. The number of aliphatic carboxylic acids is 3. The third-order valence-electron chi connectivity index (χ3n) is 4.95. The van der Waals surface area contributed by atoms with Gasteiger partial charge in [-0.25, -0.2) is 4.79 Å². The van der Waals surface area contributed by atoms with Gasteiger partial charge in [0.2, 0.25) is 23.6 Å². The zero-order valence-corrected chi connectivity index (χ0v) is 19.6. The maximum absolute atomic E-state index is 12.8. The molecule has 0 fully saturated rings. The minimum atomic E-state index is -1.77. The molecule has 0 bridgehead atoms. The number of nitrogens with one attached hydrogen (secondary N) is 3. The van der Waals surface area contributed by atoms with Crippen LogP contribution in [-0.2, 0) is 40.0 Å². The molecule has 202 valence electrons. The van der Waals surface area contributed by atoms with E-state index in [0.29, 0.717) is 5.56 Å². The van der Waals surface area contributed by atoms with Gasteiger partial charge >= 0.3 is 17.9 Å². The lowest BCUT2D eigenvalue weighted by molar-refractivity contribution is -0.143. The molecule has 37 heavy (non-hydrogen) atoms. The van der Waals surface area contributed by atoms with Gasteiger partial charge in [0.1, 0.15) is 18.1 Å². The van der Waals surface area contributed by atoms with Crippen LogP contribution >= 0.6 is 0 Å². The van der Waals surface area contributed by atoms with E-state index in [0.717, 1.165) is 0 Å². The molecule has 10 N–H and O–H groups in total. The lowest BCUT2D eigenvalue weighted by Crippen LogP contribution is -2.58. The molecule has 0 aliphatic heterocycles. The maximum atomic E-state index is 12.8. The Morgan fingerprint density at radius 1 is 0.730 bits per heavy atom. The smallest absolute Gasteiger partial charge is 0.326 e. The van der Waals surface area contributed by atoms with E-state index < -0.39 is 91.4 Å². The van der Waals surface area contributed by atoms with E-state index in [4.69, 9.17) is 16.6 Å². The van der Waals surface area contributed by atoms with Gasteiger partial charge in [-0.3, -0.25) is 28.8 Å². The first-order valence-electron chi connectivity index (χ1n) is 11.0. The van der Waals surface area contributed by atoms with E-state index in [1.54, 1.807) is 30.3 Å². The highest BCUT2D eigenvalue weighted by atomic mass is 16.4. The number of nitrogens with two attached hydrogens (primary N) is 2. The van der Waals surface area contributed by atoms with Crippen molar-refractivity contribution in [3.8, 4) is 0 Å². The maximum Gasteiger partial charge on any atom is 0.326 e. The first-order valence-corrected chi connectivity index (χ1v) is 11.0. The van der Waals surface area contributed by atoms with Crippen LogP contribution in [-0.4, -0.2) is 81.0 Å². The number of benzene rings is 1. The lowest BCUT2D eigenvalue weighted by Gasteiger charge is -2.24. The van der Waals surface area contributed by atoms with Crippen molar-refractivity contribution in [3.63, 3.8) is 0 Å². The molecule has 0 aliphatic rings. The number of hydrogen-bond acceptors (Lipinski definition) is 8. The van der Waals surface area contributed by atoms with E-state index in [1.165, 1.54) is 0 Å². The van der Waals surface area contributed by atoms with Gasteiger partial charge in [-0.15, -0.1) is 0 Å². The van der Waals surface area contributed by atoms with E-state index in [-0.39, 0.29) is 6.42 Å². The molecular weight excluding hydrogens is 494 g/mol. The number of primary amides is 1. The predicted octanol–water partition coefficient (Wildman–Crippen LogP) is -2.69. The highest BCUT2D eigenvalue weighted by Gasteiger charge is 2.32. The van der Waals surface area contributed by atoms with Crippen LogP contribution in [0.25, 0.3) is 0 Å². The molecule has 0 aliphatic carbocycles. The molecule has 0 spiro atoms. The van der Waals surface area contributed by atoms with E-state index >= 15 is 0 Å². The van der Waals surface area contributed by atoms with Crippen LogP contribution in [0.15, 0.2) is 30.3 Å². The quantitative estimate of drug-likeness (QED) is 0.110. The number of rotatable bonds is 16. The standard InChI is InChI=1S/C22H29N5O10/c23-12(9-16(24)28)19(33)25-13(6-7-17(29)30)20(34)26-14(10-18(31)32)21(35)27-15(22(36)37)8-11-4-2-1-3-5-11/h1-5,12-15H,6-10,23H2,(H2,24,28)(H,25,33)(H,26,34)(H,27,35)(H,29,30)(H,31,32)(H,36,37). The number of hydrogen-bond donors (Lipinski definition) is 8. The van der Waals surface area contributed by atoms with Gasteiger partial charge in [0, 0.05) is 12.8 Å². The summed E-state index contributed by atoms with van der Waals surface area (Å²) < 4.78 is 0. The van der Waals surface area contributed by atoms with Crippen molar-refractivity contribution in [2.24, 2.45) is 11.5 Å². The molecule has 0 aromatic heterocycles. The van der Waals surface area contributed by atoms with Crippen LogP contribution in [0.1, 0.15) is 31.2 Å². The summed E-state index contributed by atoms with van der Waals surface area (Å²) in [5.74, 6) is -8.42. The van der Waals surface area contributed by atoms with E-state index in [1.807, 2.05) is 0 Å². The molecule has 15 heteroatoms. The molecular formula is C22H29N5O10. The molecule has 0 heterocycles. The fraction of sp³-hybridized carbons (Fsp3) is 0.409. The van der Waals surface area contributed by atoms with Crippen LogP contribution in [0.4, 0.5) is 0 Å². The van der Waals surface area contributed by atoms with Gasteiger partial charge in [-0.05, 0) is 12.0 Å². The van der Waals surface area contributed by atoms with Crippen LogP contribution in [0, 0.1) is 0 Å². The zero-order valence-electron chi connectivity index (χ0n) is 19.6. The third-order valence-corrected chi connectivity index (χ3v) is 4.95. The highest BCUT2D eigenvalue weighted by Crippen LogP contribution is 2.06. The second-order valence-electron chi connectivity index (χ2n) is 8.02. The number of carboxylic acid groups (broad SMARTS) is 3. The normalized spacial score (nSPS) is 13.8. The Morgan fingerprint density at radius 3 is 1.78 bits per heavy atom. The number of carbonyl (C=O) groups excluding carboxylic acids is 4. The first-order chi connectivity index (χ1) is 17.3. The summed E-state index contributed by atoms with van der Waals surface area (Å²) in [4.78, 5) is 82.7. The summed E-state index contributed by atoms with van der Waals surface area (Å²) in [7, 11) is 0. The Bertz CT molecular complexity index is 1020. The van der Waals surface area contributed by atoms with E-state index in [2.05, 4.69) is 16.0 Å². The minimum absolute atomic E-state index is 0.134. The van der Waals surface area contributed by atoms with Gasteiger partial charge in [0.15, 0.2) is 0 Å². The molecule has 0 radical (unpaired) electrons. The average Bonchev–Trinajstić information content (AvgIpc) is 2.80. The van der Waals surface area contributed by atoms with Crippen LogP contribution in [0.3, 0.4) is 0 Å². The van der Waals surface area contributed by atoms with Gasteiger partial charge in [-0.2, -0.15) is 0 Å². The van der Waals surface area contributed by atoms with Crippen molar-refractivity contribution in [3.05, 3.63) is 35.9 Å². The Morgan fingerprint density at radius 2 is 1.27 bits per heavy atom. The van der Waals surface area contributed by atoms with E-state index in [9.17, 15) is 43.8 Å². The second kappa shape index (κ2) is 14.8. The Hall–Kier alpha value is -4.53. The second-order valence-corrected chi connectivity index (χ2v) is 8.02. The lowest BCUT2D eigenvalue weighted by atomic mass is 10.0.